The highest BCUT2D eigenvalue weighted by molar-refractivity contribution is 5.72. The minimum Gasteiger partial charge on any atom is -0.314 e. The number of rotatable bonds is 1. The molecule has 0 N–H and O–H groups in total. The Kier molecular flexibility index (Phi) is 2.26. The summed E-state index contributed by atoms with van der Waals surface area (Å²) >= 11 is 0. The lowest BCUT2D eigenvalue weighted by molar-refractivity contribution is 0.710. The number of hydrogen-bond donors (Lipinski definition) is 0. The van der Waals surface area contributed by atoms with E-state index in [1.165, 1.54) is 4.68 Å². The van der Waals surface area contributed by atoms with E-state index in [1.54, 1.807) is 31.1 Å². The standard InChI is InChI=1S/C10H10N4O/c1-3-4-5-14-7-11-8-6-12-13(2)10(15)9(8)14/h6-7H,5H2,1-2H3. The van der Waals surface area contributed by atoms with E-state index in [4.69, 9.17) is 0 Å². The monoisotopic (exact) mass is 202 g/mol. The van der Waals surface area contributed by atoms with Crippen molar-refractivity contribution in [3.63, 3.8) is 0 Å². The highest BCUT2D eigenvalue weighted by Crippen LogP contribution is 2.04. The van der Waals surface area contributed by atoms with Gasteiger partial charge in [-0.1, -0.05) is 5.92 Å². The second-order valence-corrected chi connectivity index (χ2v) is 3.11. The molecule has 0 bridgehead atoms. The lowest BCUT2D eigenvalue weighted by Crippen LogP contribution is -2.21. The van der Waals surface area contributed by atoms with Gasteiger partial charge in [0.05, 0.1) is 19.1 Å². The third-order valence-corrected chi connectivity index (χ3v) is 2.14. The van der Waals surface area contributed by atoms with Gasteiger partial charge in [-0.05, 0) is 6.92 Å². The molecule has 0 fully saturated rings. The van der Waals surface area contributed by atoms with E-state index in [-0.39, 0.29) is 5.56 Å². The molecule has 0 saturated heterocycles. The van der Waals surface area contributed by atoms with Crippen LogP contribution in [-0.4, -0.2) is 19.3 Å². The third kappa shape index (κ3) is 1.50. The lowest BCUT2D eigenvalue weighted by atomic mass is 10.4. The molecule has 76 valence electrons. The van der Waals surface area contributed by atoms with Gasteiger partial charge in [-0.25, -0.2) is 9.67 Å². The highest BCUT2D eigenvalue weighted by Gasteiger charge is 2.07. The average molecular weight is 202 g/mol. The molecule has 15 heavy (non-hydrogen) atoms. The van der Waals surface area contributed by atoms with E-state index in [2.05, 4.69) is 21.9 Å². The smallest absolute Gasteiger partial charge is 0.292 e. The zero-order chi connectivity index (χ0) is 10.8. The van der Waals surface area contributed by atoms with Crippen LogP contribution < -0.4 is 5.56 Å². The molecule has 0 radical (unpaired) electrons. The van der Waals surface area contributed by atoms with Crippen LogP contribution in [0, 0.1) is 11.8 Å². The molecule has 0 aliphatic heterocycles. The molecular weight excluding hydrogens is 192 g/mol. The minimum absolute atomic E-state index is 0.150. The number of nitrogens with zero attached hydrogens (tertiary/aromatic N) is 4. The van der Waals surface area contributed by atoms with Crippen LogP contribution in [0.25, 0.3) is 11.0 Å². The maximum absolute atomic E-state index is 11.8. The summed E-state index contributed by atoms with van der Waals surface area (Å²) in [4.78, 5) is 15.9. The van der Waals surface area contributed by atoms with Crippen LogP contribution in [0.4, 0.5) is 0 Å². The molecule has 2 heterocycles. The van der Waals surface area contributed by atoms with Gasteiger partial charge < -0.3 is 4.57 Å². The molecule has 0 unspecified atom stereocenters. The van der Waals surface area contributed by atoms with Crippen molar-refractivity contribution in [2.24, 2.45) is 7.05 Å². The fourth-order valence-corrected chi connectivity index (χ4v) is 1.36. The van der Waals surface area contributed by atoms with Crippen molar-refractivity contribution >= 4 is 11.0 Å². The van der Waals surface area contributed by atoms with E-state index in [9.17, 15) is 4.79 Å². The predicted molar refractivity (Wildman–Crippen MR) is 56.2 cm³/mol. The molecule has 0 saturated carbocycles. The van der Waals surface area contributed by atoms with Crippen LogP contribution >= 0.6 is 0 Å². The third-order valence-electron chi connectivity index (χ3n) is 2.14. The maximum Gasteiger partial charge on any atom is 0.292 e. The van der Waals surface area contributed by atoms with Crippen LogP contribution in [0.3, 0.4) is 0 Å². The Bertz CT molecular complexity index is 612. The van der Waals surface area contributed by atoms with Gasteiger partial charge in [-0.2, -0.15) is 5.10 Å². The SMILES string of the molecule is CC#CCn1cnc2cnn(C)c(=O)c21. The van der Waals surface area contributed by atoms with Crippen molar-refractivity contribution in [2.75, 3.05) is 0 Å². The summed E-state index contributed by atoms with van der Waals surface area (Å²) in [7, 11) is 1.62. The van der Waals surface area contributed by atoms with Gasteiger partial charge in [-0.3, -0.25) is 4.79 Å². The van der Waals surface area contributed by atoms with E-state index in [1.807, 2.05) is 0 Å². The van der Waals surface area contributed by atoms with Gasteiger partial charge in [0, 0.05) is 7.05 Å². The Morgan fingerprint density at radius 1 is 1.53 bits per heavy atom. The zero-order valence-electron chi connectivity index (χ0n) is 8.56. The minimum atomic E-state index is -0.150. The summed E-state index contributed by atoms with van der Waals surface area (Å²) in [6.07, 6.45) is 3.19. The number of fused-ring (bicyclic) bond motifs is 1. The molecular formula is C10H10N4O. The molecule has 2 aromatic heterocycles. The Labute approximate surface area is 86.4 Å². The Hall–Kier alpha value is -2.09. The molecule has 0 aliphatic carbocycles. The average Bonchev–Trinajstić information content (AvgIpc) is 2.64. The zero-order valence-corrected chi connectivity index (χ0v) is 8.56. The van der Waals surface area contributed by atoms with Gasteiger partial charge >= 0.3 is 0 Å². The topological polar surface area (TPSA) is 52.7 Å². The van der Waals surface area contributed by atoms with Crippen molar-refractivity contribution in [2.45, 2.75) is 13.5 Å². The van der Waals surface area contributed by atoms with Crippen molar-refractivity contribution in [1.29, 1.82) is 0 Å². The largest absolute Gasteiger partial charge is 0.314 e. The summed E-state index contributed by atoms with van der Waals surface area (Å²) in [5.41, 5.74) is 1.01. The van der Waals surface area contributed by atoms with Crippen molar-refractivity contribution in [1.82, 2.24) is 19.3 Å². The van der Waals surface area contributed by atoms with Gasteiger partial charge in [0.25, 0.3) is 5.56 Å². The summed E-state index contributed by atoms with van der Waals surface area (Å²) in [6, 6.07) is 0. The van der Waals surface area contributed by atoms with Gasteiger partial charge in [0.2, 0.25) is 0 Å². The lowest BCUT2D eigenvalue weighted by Gasteiger charge is -1.98. The second-order valence-electron chi connectivity index (χ2n) is 3.11. The molecule has 0 atom stereocenters. The number of aromatic nitrogens is 4. The second kappa shape index (κ2) is 3.58. The normalized spacial score (nSPS) is 10.0. The van der Waals surface area contributed by atoms with Crippen LogP contribution in [0.2, 0.25) is 0 Å². The molecule has 2 rings (SSSR count). The first kappa shape index (κ1) is 9.46. The number of hydrogen-bond acceptors (Lipinski definition) is 3. The summed E-state index contributed by atoms with van der Waals surface area (Å²) in [5, 5.41) is 3.89. The van der Waals surface area contributed by atoms with Crippen molar-refractivity contribution in [3.05, 3.63) is 22.9 Å². The number of imidazole rings is 1. The molecule has 5 nitrogen and oxygen atoms in total. The Morgan fingerprint density at radius 3 is 3.07 bits per heavy atom. The molecule has 5 heteroatoms. The van der Waals surface area contributed by atoms with Crippen molar-refractivity contribution < 1.29 is 0 Å². The van der Waals surface area contributed by atoms with Gasteiger partial charge in [0.1, 0.15) is 11.0 Å². The summed E-state index contributed by atoms with van der Waals surface area (Å²) < 4.78 is 3.02. The number of aryl methyl sites for hydroxylation is 1. The van der Waals surface area contributed by atoms with E-state index in [0.717, 1.165) is 0 Å². The fourth-order valence-electron chi connectivity index (χ4n) is 1.36. The summed E-state index contributed by atoms with van der Waals surface area (Å²) in [5.74, 6) is 5.68. The van der Waals surface area contributed by atoms with Crippen LogP contribution in [0.5, 0.6) is 0 Å². The Balaban J connectivity index is 2.70. The first-order chi connectivity index (χ1) is 7.24. The molecule has 0 spiro atoms. The Morgan fingerprint density at radius 2 is 2.33 bits per heavy atom. The van der Waals surface area contributed by atoms with Gasteiger partial charge in [-0.15, -0.1) is 5.92 Å². The molecule has 2 aromatic rings. The van der Waals surface area contributed by atoms with E-state index < -0.39 is 0 Å². The summed E-state index contributed by atoms with van der Waals surface area (Å²) in [6.45, 7) is 2.24. The molecule has 0 aromatic carbocycles. The highest BCUT2D eigenvalue weighted by atomic mass is 16.1. The van der Waals surface area contributed by atoms with E-state index >= 15 is 0 Å². The predicted octanol–water partition coefficient (Wildman–Crippen LogP) is 0.153. The van der Waals surface area contributed by atoms with Crippen LogP contribution in [-0.2, 0) is 13.6 Å². The van der Waals surface area contributed by atoms with Crippen LogP contribution in [0.15, 0.2) is 17.3 Å². The van der Waals surface area contributed by atoms with Gasteiger partial charge in [0.15, 0.2) is 0 Å². The first-order valence-corrected chi connectivity index (χ1v) is 4.51. The molecule has 0 aliphatic rings. The quantitative estimate of drug-likeness (QED) is 0.619. The van der Waals surface area contributed by atoms with Crippen LogP contribution in [0.1, 0.15) is 6.92 Å². The first-order valence-electron chi connectivity index (χ1n) is 4.51. The maximum atomic E-state index is 11.8. The van der Waals surface area contributed by atoms with Crippen molar-refractivity contribution in [3.8, 4) is 11.8 Å². The van der Waals surface area contributed by atoms with E-state index in [0.29, 0.717) is 17.6 Å². The molecule has 0 amide bonds. The fraction of sp³-hybridized carbons (Fsp3) is 0.300.